The van der Waals surface area contributed by atoms with E-state index in [0.717, 1.165) is 39.9 Å². The van der Waals surface area contributed by atoms with Gasteiger partial charge in [0.25, 0.3) is 5.24 Å². The van der Waals surface area contributed by atoms with Crippen molar-refractivity contribution in [1.29, 1.82) is 0 Å². The van der Waals surface area contributed by atoms with Crippen LogP contribution in [0.4, 0.5) is 4.79 Å². The first kappa shape index (κ1) is 18.4. The molecule has 1 aliphatic rings. The van der Waals surface area contributed by atoms with Gasteiger partial charge in [0.2, 0.25) is 5.91 Å². The summed E-state index contributed by atoms with van der Waals surface area (Å²) in [6.07, 6.45) is 0.509. The van der Waals surface area contributed by atoms with Crippen LogP contribution in [0.15, 0.2) is 42.5 Å². The van der Waals surface area contributed by atoms with Crippen molar-refractivity contribution < 1.29 is 19.1 Å². The van der Waals surface area contributed by atoms with Crippen molar-refractivity contribution in [3.63, 3.8) is 0 Å². The topological polar surface area (TPSA) is 82.5 Å². The molecule has 1 unspecified atom stereocenters. The molecule has 1 atom stereocenters. The standard InChI is InChI=1S/C20H19N3O4S/c1-23-16-10-14(26-2)7-8-15(16)21-18(23)11-27-13-5-3-12(4-6-13)9-17-19(24)22-20(25)28-17/h3-8,10,17H,9,11H2,1-2H3,(H,22,24,25)/i17+2. The van der Waals surface area contributed by atoms with Crippen LogP contribution in [0.25, 0.3) is 11.0 Å². The summed E-state index contributed by atoms with van der Waals surface area (Å²) in [6, 6.07) is 13.3. The fourth-order valence-electron chi connectivity index (χ4n) is 3.09. The Balaban J connectivity index is 1.41. The Kier molecular flexibility index (Phi) is 4.95. The lowest BCUT2D eigenvalue weighted by Gasteiger charge is -2.09. The molecule has 0 bridgehead atoms. The summed E-state index contributed by atoms with van der Waals surface area (Å²) in [5.74, 6) is 2.08. The minimum Gasteiger partial charge on any atom is -0.497 e. The zero-order chi connectivity index (χ0) is 19.7. The highest BCUT2D eigenvalue weighted by Crippen LogP contribution is 2.25. The second kappa shape index (κ2) is 7.55. The molecule has 1 aliphatic heterocycles. The number of imide groups is 1. The molecule has 0 radical (unpaired) electrons. The Bertz CT molecular complexity index is 1050. The lowest BCUT2D eigenvalue weighted by Crippen LogP contribution is -2.25. The number of thioether (sulfide) groups is 1. The maximum absolute atomic E-state index is 11.7. The molecule has 3 aromatic rings. The zero-order valence-corrected chi connectivity index (χ0v) is 16.3. The maximum atomic E-state index is 11.7. The van der Waals surface area contributed by atoms with E-state index in [2.05, 4.69) is 10.3 Å². The molecule has 2 heterocycles. The molecule has 1 saturated heterocycles. The van der Waals surface area contributed by atoms with Gasteiger partial charge in [0.05, 0.1) is 23.4 Å². The van der Waals surface area contributed by atoms with Crippen LogP contribution in [-0.4, -0.2) is 33.1 Å². The Labute approximate surface area is 166 Å². The van der Waals surface area contributed by atoms with Crippen LogP contribution in [-0.2, 0) is 24.9 Å². The van der Waals surface area contributed by atoms with Gasteiger partial charge in [0, 0.05) is 13.1 Å². The third-order valence-electron chi connectivity index (χ3n) is 4.66. The molecule has 2 aromatic carbocycles. The van der Waals surface area contributed by atoms with E-state index in [1.165, 1.54) is 0 Å². The van der Waals surface area contributed by atoms with Gasteiger partial charge in [-0.05, 0) is 36.2 Å². The predicted molar refractivity (Wildman–Crippen MR) is 107 cm³/mol. The van der Waals surface area contributed by atoms with Crippen LogP contribution >= 0.6 is 11.8 Å². The van der Waals surface area contributed by atoms with Crippen molar-refractivity contribution in [3.8, 4) is 11.5 Å². The van der Waals surface area contributed by atoms with Gasteiger partial charge >= 0.3 is 0 Å². The van der Waals surface area contributed by atoms with E-state index in [0.29, 0.717) is 18.8 Å². The normalized spacial score (nSPS) is 16.4. The molecule has 7 nitrogen and oxygen atoms in total. The van der Waals surface area contributed by atoms with E-state index in [4.69, 9.17) is 9.47 Å². The molecule has 0 aliphatic carbocycles. The summed E-state index contributed by atoms with van der Waals surface area (Å²) < 4.78 is 13.1. The van der Waals surface area contributed by atoms with E-state index < -0.39 is 0 Å². The first-order valence-electron chi connectivity index (χ1n) is 8.76. The fraction of sp³-hybridized carbons (Fsp3) is 0.250. The quantitative estimate of drug-likeness (QED) is 0.686. The van der Waals surface area contributed by atoms with Crippen molar-refractivity contribution >= 4 is 33.9 Å². The van der Waals surface area contributed by atoms with Crippen molar-refractivity contribution in [2.75, 3.05) is 7.11 Å². The summed E-state index contributed by atoms with van der Waals surface area (Å²) in [4.78, 5) is 27.5. The molecule has 28 heavy (non-hydrogen) atoms. The number of hydrogen-bond donors (Lipinski definition) is 1. The van der Waals surface area contributed by atoms with Gasteiger partial charge in [-0.15, -0.1) is 0 Å². The van der Waals surface area contributed by atoms with Gasteiger partial charge in [-0.2, -0.15) is 0 Å². The number of nitrogens with zero attached hydrogens (tertiary/aromatic N) is 2. The Morgan fingerprint density at radius 1 is 1.14 bits per heavy atom. The first-order valence-corrected chi connectivity index (χ1v) is 9.64. The Morgan fingerprint density at radius 2 is 1.89 bits per heavy atom. The number of ether oxygens (including phenoxy) is 2. The molecule has 0 saturated carbocycles. The van der Waals surface area contributed by atoms with E-state index in [1.807, 2.05) is 54.1 Å². The summed E-state index contributed by atoms with van der Waals surface area (Å²) >= 11 is 1.04. The number of methoxy groups -OCH3 is 1. The largest absolute Gasteiger partial charge is 0.497 e. The van der Waals surface area contributed by atoms with Gasteiger partial charge in [0.1, 0.15) is 23.9 Å². The Morgan fingerprint density at radius 3 is 2.57 bits per heavy atom. The van der Waals surface area contributed by atoms with Gasteiger partial charge in [0.15, 0.2) is 0 Å². The molecule has 8 heteroatoms. The van der Waals surface area contributed by atoms with Crippen LogP contribution in [0.2, 0.25) is 0 Å². The number of carbonyl (C=O) groups is 2. The van der Waals surface area contributed by atoms with Gasteiger partial charge in [-0.25, -0.2) is 4.98 Å². The molecule has 4 rings (SSSR count). The monoisotopic (exact) mass is 399 g/mol. The number of rotatable bonds is 6. The number of benzene rings is 2. The average Bonchev–Trinajstić information content (AvgIpc) is 3.19. The molecule has 144 valence electrons. The van der Waals surface area contributed by atoms with Crippen LogP contribution < -0.4 is 14.8 Å². The number of hydrogen-bond acceptors (Lipinski definition) is 6. The summed E-state index contributed by atoms with van der Waals surface area (Å²) in [5.41, 5.74) is 2.85. The number of nitrogens with one attached hydrogen (secondary N) is 1. The second-order valence-corrected chi connectivity index (χ2v) is 7.64. The molecule has 1 fully saturated rings. The lowest BCUT2D eigenvalue weighted by atomic mass is 10.2. The molecule has 2 amide bonds. The van der Waals surface area contributed by atoms with Gasteiger partial charge < -0.3 is 14.0 Å². The Hall–Kier alpha value is -3.00. The van der Waals surface area contributed by atoms with E-state index >= 15 is 0 Å². The number of aryl methyl sites for hydroxylation is 1. The highest BCUT2D eigenvalue weighted by molar-refractivity contribution is 8.15. The third kappa shape index (κ3) is 3.68. The van der Waals surface area contributed by atoms with Crippen molar-refractivity contribution in [3.05, 3.63) is 53.9 Å². The number of fused-ring (bicyclic) bond motifs is 1. The number of carbonyl (C=O) groups excluding carboxylic acids is 2. The lowest BCUT2D eigenvalue weighted by molar-refractivity contribution is -0.118. The van der Waals surface area contributed by atoms with Crippen molar-refractivity contribution in [2.24, 2.45) is 7.05 Å². The van der Waals surface area contributed by atoms with Gasteiger partial charge in [-0.3, -0.25) is 14.9 Å². The minimum absolute atomic E-state index is 0.228. The molecular formula is C20H19N3O4S. The van der Waals surface area contributed by atoms with Crippen LogP contribution in [0, 0.1) is 0 Å². The average molecular weight is 399 g/mol. The summed E-state index contributed by atoms with van der Waals surface area (Å²) in [7, 11) is 3.59. The molecule has 0 spiro atoms. The van der Waals surface area contributed by atoms with Crippen molar-refractivity contribution in [2.45, 2.75) is 18.3 Å². The third-order valence-corrected chi connectivity index (χ3v) is 5.64. The molecule has 1 aromatic heterocycles. The van der Waals surface area contributed by atoms with Gasteiger partial charge in [-0.1, -0.05) is 23.9 Å². The maximum Gasteiger partial charge on any atom is 0.286 e. The smallest absolute Gasteiger partial charge is 0.286 e. The van der Waals surface area contributed by atoms with Crippen molar-refractivity contribution in [1.82, 2.24) is 14.9 Å². The zero-order valence-electron chi connectivity index (χ0n) is 15.5. The van der Waals surface area contributed by atoms with Crippen LogP contribution in [0.3, 0.4) is 0 Å². The SMILES string of the molecule is COc1ccc2nc(COc3ccc(C[14CH]4SC(=O)NC4=O)cc3)n(C)c2c1. The van der Waals surface area contributed by atoms with E-state index in [1.54, 1.807) is 7.11 Å². The fourth-order valence-corrected chi connectivity index (χ4v) is 3.95. The summed E-state index contributed by atoms with van der Waals surface area (Å²) in [5, 5.41) is 1.66. The second-order valence-electron chi connectivity index (χ2n) is 6.46. The summed E-state index contributed by atoms with van der Waals surface area (Å²) in [6.45, 7) is 0.336. The number of amides is 2. The van der Waals surface area contributed by atoms with Crippen LogP contribution in [0.5, 0.6) is 11.5 Å². The predicted octanol–water partition coefficient (Wildman–Crippen LogP) is 3.06. The number of imidazole rings is 1. The minimum atomic E-state index is -0.365. The molecular weight excluding hydrogens is 380 g/mol. The van der Waals surface area contributed by atoms with E-state index in [-0.39, 0.29) is 16.4 Å². The highest BCUT2D eigenvalue weighted by Gasteiger charge is 2.31. The molecule has 1 N–H and O–H groups in total. The first-order chi connectivity index (χ1) is 13.5. The van der Waals surface area contributed by atoms with Crippen LogP contribution in [0.1, 0.15) is 11.4 Å². The van der Waals surface area contributed by atoms with E-state index in [9.17, 15) is 9.59 Å². The highest BCUT2D eigenvalue weighted by atomic mass is 32.2. The number of aromatic nitrogens is 2.